The fourth-order valence-corrected chi connectivity index (χ4v) is 1.97. The highest BCUT2D eigenvalue weighted by molar-refractivity contribution is 5.99. The lowest BCUT2D eigenvalue weighted by Crippen LogP contribution is -2.26. The zero-order valence-corrected chi connectivity index (χ0v) is 9.83. The average Bonchev–Trinajstić information content (AvgIpc) is 2.80. The lowest BCUT2D eigenvalue weighted by atomic mass is 10.1. The van der Waals surface area contributed by atoms with Gasteiger partial charge in [-0.25, -0.2) is 5.26 Å². The number of carbonyl (C=O) groups is 2. The van der Waals surface area contributed by atoms with Crippen LogP contribution in [0.5, 0.6) is 5.75 Å². The Hall–Kier alpha value is -2.08. The van der Waals surface area contributed by atoms with Crippen molar-refractivity contribution in [3.8, 4) is 5.75 Å². The number of esters is 1. The van der Waals surface area contributed by atoms with Crippen LogP contribution in [0, 0.1) is 5.92 Å². The van der Waals surface area contributed by atoms with E-state index >= 15 is 0 Å². The van der Waals surface area contributed by atoms with Crippen LogP contribution in [-0.4, -0.2) is 30.8 Å². The summed E-state index contributed by atoms with van der Waals surface area (Å²) >= 11 is 0. The number of amides is 1. The van der Waals surface area contributed by atoms with E-state index in [0.29, 0.717) is 12.2 Å². The topological polar surface area (TPSA) is 76.1 Å². The molecule has 6 nitrogen and oxygen atoms in total. The lowest BCUT2D eigenvalue weighted by Gasteiger charge is -2.16. The third-order valence-corrected chi connectivity index (χ3v) is 2.91. The number of nitrogens with zero attached hydrogens (tertiary/aromatic N) is 1. The van der Waals surface area contributed by atoms with E-state index in [1.165, 1.54) is 24.1 Å². The van der Waals surface area contributed by atoms with Gasteiger partial charge in [0.15, 0.2) is 5.75 Å². The Morgan fingerprint density at radius 1 is 1.39 bits per heavy atom. The molecule has 0 saturated carbocycles. The van der Waals surface area contributed by atoms with Crippen LogP contribution in [0.4, 0.5) is 5.69 Å². The van der Waals surface area contributed by atoms with Gasteiger partial charge in [-0.05, 0) is 24.3 Å². The first-order chi connectivity index (χ1) is 8.65. The summed E-state index contributed by atoms with van der Waals surface area (Å²) in [5.41, 5.74) is 0.659. The minimum atomic E-state index is -0.420. The SMILES string of the molecule is COC(=O)C1CC(=O)N(c2ccc(OO)cc2)C1. The van der Waals surface area contributed by atoms with E-state index in [2.05, 4.69) is 9.62 Å². The molecule has 1 unspecified atom stereocenters. The Kier molecular flexibility index (Phi) is 3.47. The predicted molar refractivity (Wildman–Crippen MR) is 62.2 cm³/mol. The molecule has 1 saturated heterocycles. The molecule has 1 N–H and O–H groups in total. The quantitative estimate of drug-likeness (QED) is 0.494. The second-order valence-corrected chi connectivity index (χ2v) is 4.01. The monoisotopic (exact) mass is 251 g/mol. The number of anilines is 1. The van der Waals surface area contributed by atoms with Crippen molar-refractivity contribution in [1.29, 1.82) is 0 Å². The van der Waals surface area contributed by atoms with Crippen molar-refractivity contribution >= 4 is 17.6 Å². The van der Waals surface area contributed by atoms with Crippen molar-refractivity contribution in [1.82, 2.24) is 0 Å². The van der Waals surface area contributed by atoms with Crippen LogP contribution in [0.3, 0.4) is 0 Å². The maximum atomic E-state index is 11.8. The van der Waals surface area contributed by atoms with Gasteiger partial charge in [0, 0.05) is 18.7 Å². The number of rotatable bonds is 3. The highest BCUT2D eigenvalue weighted by atomic mass is 17.1. The molecule has 1 aliphatic heterocycles. The molecule has 1 aliphatic rings. The van der Waals surface area contributed by atoms with Gasteiger partial charge in [-0.15, -0.1) is 0 Å². The first-order valence-corrected chi connectivity index (χ1v) is 5.45. The number of carbonyl (C=O) groups excluding carboxylic acids is 2. The van der Waals surface area contributed by atoms with Crippen molar-refractivity contribution in [2.75, 3.05) is 18.6 Å². The van der Waals surface area contributed by atoms with Gasteiger partial charge in [-0.1, -0.05) is 0 Å². The number of methoxy groups -OCH3 is 1. The molecule has 1 fully saturated rings. The number of hydrogen-bond acceptors (Lipinski definition) is 5. The number of ether oxygens (including phenoxy) is 1. The smallest absolute Gasteiger partial charge is 0.311 e. The van der Waals surface area contributed by atoms with Crippen LogP contribution in [-0.2, 0) is 14.3 Å². The summed E-state index contributed by atoms with van der Waals surface area (Å²) in [6.45, 7) is 0.310. The second-order valence-electron chi connectivity index (χ2n) is 4.01. The van der Waals surface area contributed by atoms with Gasteiger partial charge in [0.1, 0.15) is 0 Å². The second kappa shape index (κ2) is 5.05. The fraction of sp³-hybridized carbons (Fsp3) is 0.333. The molecule has 0 aromatic heterocycles. The molecular formula is C12H13NO5. The highest BCUT2D eigenvalue weighted by Crippen LogP contribution is 2.27. The molecule has 0 spiro atoms. The Labute approximate surface area is 104 Å². The normalized spacial score (nSPS) is 18.9. The Bertz CT molecular complexity index is 456. The number of hydrogen-bond donors (Lipinski definition) is 1. The van der Waals surface area contributed by atoms with E-state index in [4.69, 9.17) is 5.26 Å². The van der Waals surface area contributed by atoms with Gasteiger partial charge >= 0.3 is 5.97 Å². The van der Waals surface area contributed by atoms with Crippen molar-refractivity contribution in [2.24, 2.45) is 5.92 Å². The predicted octanol–water partition coefficient (Wildman–Crippen LogP) is 1.06. The minimum Gasteiger partial charge on any atom is -0.469 e. The molecule has 2 rings (SSSR count). The standard InChI is InChI=1S/C12H13NO5/c1-17-12(15)8-6-11(14)13(7-8)9-2-4-10(18-16)5-3-9/h2-5,8,16H,6-7H2,1H3. The van der Waals surface area contributed by atoms with Gasteiger partial charge in [0.2, 0.25) is 5.91 Å². The summed E-state index contributed by atoms with van der Waals surface area (Å²) in [6.07, 6.45) is 0.158. The molecule has 1 amide bonds. The van der Waals surface area contributed by atoms with E-state index in [0.717, 1.165) is 0 Å². The van der Waals surface area contributed by atoms with E-state index in [1.807, 2.05) is 0 Å². The summed E-state index contributed by atoms with van der Waals surface area (Å²) < 4.78 is 4.63. The number of benzene rings is 1. The van der Waals surface area contributed by atoms with Crippen LogP contribution in [0.15, 0.2) is 24.3 Å². The van der Waals surface area contributed by atoms with E-state index < -0.39 is 5.92 Å². The molecule has 0 radical (unpaired) electrons. The molecule has 1 aromatic carbocycles. The largest absolute Gasteiger partial charge is 0.469 e. The Morgan fingerprint density at radius 2 is 2.06 bits per heavy atom. The van der Waals surface area contributed by atoms with Gasteiger partial charge in [-0.3, -0.25) is 9.59 Å². The summed E-state index contributed by atoms with van der Waals surface area (Å²) in [7, 11) is 1.31. The van der Waals surface area contributed by atoms with Crippen molar-refractivity contribution < 1.29 is 24.5 Å². The van der Waals surface area contributed by atoms with Gasteiger partial charge in [0.25, 0.3) is 0 Å². The van der Waals surface area contributed by atoms with Crippen molar-refractivity contribution in [2.45, 2.75) is 6.42 Å². The third-order valence-electron chi connectivity index (χ3n) is 2.91. The minimum absolute atomic E-state index is 0.122. The first-order valence-electron chi connectivity index (χ1n) is 5.45. The van der Waals surface area contributed by atoms with Gasteiger partial charge < -0.3 is 14.5 Å². The van der Waals surface area contributed by atoms with E-state index in [9.17, 15) is 9.59 Å². The molecule has 1 atom stereocenters. The molecule has 0 bridgehead atoms. The van der Waals surface area contributed by atoms with Crippen LogP contribution in [0.2, 0.25) is 0 Å². The van der Waals surface area contributed by atoms with E-state index in [-0.39, 0.29) is 24.0 Å². The van der Waals surface area contributed by atoms with Crippen molar-refractivity contribution in [3.05, 3.63) is 24.3 Å². The molecule has 1 heterocycles. The Balaban J connectivity index is 2.13. The highest BCUT2D eigenvalue weighted by Gasteiger charge is 2.35. The Morgan fingerprint density at radius 3 is 2.61 bits per heavy atom. The summed E-state index contributed by atoms with van der Waals surface area (Å²) in [5.74, 6) is -0.629. The first kappa shape index (κ1) is 12.4. The maximum Gasteiger partial charge on any atom is 0.311 e. The van der Waals surface area contributed by atoms with Crippen LogP contribution in [0.1, 0.15) is 6.42 Å². The molecule has 18 heavy (non-hydrogen) atoms. The molecule has 96 valence electrons. The summed E-state index contributed by atoms with van der Waals surface area (Å²) in [5, 5.41) is 8.45. The molecule has 0 aliphatic carbocycles. The van der Waals surface area contributed by atoms with Crippen LogP contribution < -0.4 is 9.79 Å². The molecule has 6 heteroatoms. The van der Waals surface area contributed by atoms with Crippen molar-refractivity contribution in [3.63, 3.8) is 0 Å². The molecule has 1 aromatic rings. The van der Waals surface area contributed by atoms with Crippen LogP contribution in [0.25, 0.3) is 0 Å². The zero-order valence-electron chi connectivity index (χ0n) is 9.83. The summed E-state index contributed by atoms with van der Waals surface area (Å²) in [6, 6.07) is 6.36. The van der Waals surface area contributed by atoms with E-state index in [1.54, 1.807) is 12.1 Å². The molecular weight excluding hydrogens is 238 g/mol. The van der Waals surface area contributed by atoms with Gasteiger partial charge in [-0.2, -0.15) is 0 Å². The fourth-order valence-electron chi connectivity index (χ4n) is 1.97. The van der Waals surface area contributed by atoms with Crippen LogP contribution >= 0.6 is 0 Å². The average molecular weight is 251 g/mol. The third kappa shape index (κ3) is 2.28. The zero-order chi connectivity index (χ0) is 13.1. The lowest BCUT2D eigenvalue weighted by molar-refractivity contribution is -0.145. The maximum absolute atomic E-state index is 11.8. The van der Waals surface area contributed by atoms with Gasteiger partial charge in [0.05, 0.1) is 13.0 Å². The summed E-state index contributed by atoms with van der Waals surface area (Å²) in [4.78, 5) is 28.8.